The average Bonchev–Trinajstić information content (AvgIpc) is 2.19. The highest BCUT2D eigenvalue weighted by Gasteiger charge is 2.03. The van der Waals surface area contributed by atoms with E-state index in [2.05, 4.69) is 0 Å². The smallest absolute Gasteiger partial charge is 0.129 e. The van der Waals surface area contributed by atoms with Crippen molar-refractivity contribution in [3.8, 4) is 5.75 Å². The Balaban J connectivity index is 2.55. The van der Waals surface area contributed by atoms with Crippen LogP contribution in [-0.2, 0) is 0 Å². The summed E-state index contributed by atoms with van der Waals surface area (Å²) in [6.45, 7) is 3.77. The Morgan fingerprint density at radius 2 is 2.21 bits per heavy atom. The minimum absolute atomic E-state index is 0.207. The van der Waals surface area contributed by atoms with Crippen molar-refractivity contribution in [3.63, 3.8) is 0 Å². The first-order chi connectivity index (χ1) is 6.63. The summed E-state index contributed by atoms with van der Waals surface area (Å²) in [4.78, 5) is 0. The van der Waals surface area contributed by atoms with E-state index in [1.165, 1.54) is 6.07 Å². The number of halogens is 1. The number of hydrogen-bond acceptors (Lipinski definition) is 2. The molecule has 0 radical (unpaired) electrons. The van der Waals surface area contributed by atoms with Gasteiger partial charge >= 0.3 is 0 Å². The number of hydrogen-bond donors (Lipinski definition) is 1. The van der Waals surface area contributed by atoms with E-state index in [4.69, 9.17) is 4.74 Å². The Morgan fingerprint density at radius 1 is 1.50 bits per heavy atom. The van der Waals surface area contributed by atoms with Crippen LogP contribution in [0, 0.1) is 12.7 Å². The first-order valence-corrected chi connectivity index (χ1v) is 4.70. The largest absolute Gasteiger partial charge is 0.491 e. The third-order valence-electron chi connectivity index (χ3n) is 2.06. The van der Waals surface area contributed by atoms with Gasteiger partial charge < -0.3 is 9.84 Å². The number of ether oxygens (including phenoxy) is 1. The summed E-state index contributed by atoms with van der Waals surface area (Å²) < 4.78 is 18.2. The lowest BCUT2D eigenvalue weighted by atomic mass is 10.2. The Morgan fingerprint density at radius 3 is 2.79 bits per heavy atom. The van der Waals surface area contributed by atoms with E-state index >= 15 is 0 Å². The molecule has 0 aliphatic rings. The summed E-state index contributed by atoms with van der Waals surface area (Å²) in [6.07, 6.45) is 0.147. The number of aryl methyl sites for hydroxylation is 1. The highest BCUT2D eigenvalue weighted by Crippen LogP contribution is 2.16. The highest BCUT2D eigenvalue weighted by molar-refractivity contribution is 5.27. The lowest BCUT2D eigenvalue weighted by Gasteiger charge is -2.10. The molecule has 2 nitrogen and oxygen atoms in total. The monoisotopic (exact) mass is 198 g/mol. The van der Waals surface area contributed by atoms with Gasteiger partial charge in [-0.1, -0.05) is 13.0 Å². The lowest BCUT2D eigenvalue weighted by Crippen LogP contribution is -2.16. The van der Waals surface area contributed by atoms with E-state index in [1.807, 2.05) is 6.92 Å². The molecular weight excluding hydrogens is 183 g/mol. The lowest BCUT2D eigenvalue weighted by molar-refractivity contribution is 0.104. The van der Waals surface area contributed by atoms with Crippen molar-refractivity contribution < 1.29 is 14.2 Å². The van der Waals surface area contributed by atoms with Crippen LogP contribution < -0.4 is 4.74 Å². The quantitative estimate of drug-likeness (QED) is 0.804. The maximum absolute atomic E-state index is 13.0. The molecule has 1 atom stereocenters. The Labute approximate surface area is 83.3 Å². The molecule has 3 heteroatoms. The SMILES string of the molecule is CCC(O)COc1ccc(C)c(F)c1. The fourth-order valence-electron chi connectivity index (χ4n) is 0.974. The van der Waals surface area contributed by atoms with Gasteiger partial charge in [-0.25, -0.2) is 4.39 Å². The fourth-order valence-corrected chi connectivity index (χ4v) is 0.974. The van der Waals surface area contributed by atoms with Crippen molar-refractivity contribution in [3.05, 3.63) is 29.6 Å². The van der Waals surface area contributed by atoms with E-state index < -0.39 is 6.10 Å². The van der Waals surface area contributed by atoms with Crippen molar-refractivity contribution in [2.24, 2.45) is 0 Å². The van der Waals surface area contributed by atoms with Gasteiger partial charge in [0.25, 0.3) is 0 Å². The molecule has 0 bridgehead atoms. The molecule has 14 heavy (non-hydrogen) atoms. The van der Waals surface area contributed by atoms with Crippen LogP contribution in [-0.4, -0.2) is 17.8 Å². The van der Waals surface area contributed by atoms with Gasteiger partial charge in [0, 0.05) is 6.07 Å². The molecule has 1 aromatic rings. The van der Waals surface area contributed by atoms with Crippen LogP contribution in [0.2, 0.25) is 0 Å². The van der Waals surface area contributed by atoms with Crippen LogP contribution in [0.15, 0.2) is 18.2 Å². The molecule has 0 saturated carbocycles. The van der Waals surface area contributed by atoms with Crippen molar-refractivity contribution in [1.29, 1.82) is 0 Å². The van der Waals surface area contributed by atoms with Crippen LogP contribution >= 0.6 is 0 Å². The summed E-state index contributed by atoms with van der Waals surface area (Å²) in [6, 6.07) is 4.68. The van der Waals surface area contributed by atoms with Crippen LogP contribution in [0.4, 0.5) is 4.39 Å². The Bertz CT molecular complexity index is 299. The molecule has 0 fully saturated rings. The highest BCUT2D eigenvalue weighted by atomic mass is 19.1. The van der Waals surface area contributed by atoms with E-state index in [0.29, 0.717) is 17.7 Å². The van der Waals surface area contributed by atoms with Crippen molar-refractivity contribution in [2.75, 3.05) is 6.61 Å². The van der Waals surface area contributed by atoms with Gasteiger partial charge in [-0.15, -0.1) is 0 Å². The molecule has 1 N–H and O–H groups in total. The normalized spacial score (nSPS) is 12.6. The second kappa shape index (κ2) is 4.96. The van der Waals surface area contributed by atoms with Gasteiger partial charge in [0.05, 0.1) is 6.10 Å². The molecule has 0 saturated heterocycles. The van der Waals surface area contributed by atoms with Gasteiger partial charge in [-0.2, -0.15) is 0 Å². The summed E-state index contributed by atoms with van der Waals surface area (Å²) in [7, 11) is 0. The molecule has 0 spiro atoms. The van der Waals surface area contributed by atoms with Gasteiger partial charge in [0.15, 0.2) is 0 Å². The molecule has 0 heterocycles. The third-order valence-corrected chi connectivity index (χ3v) is 2.06. The van der Waals surface area contributed by atoms with Gasteiger partial charge in [0.1, 0.15) is 18.2 Å². The molecule has 0 aliphatic heterocycles. The molecular formula is C11H15FO2. The molecule has 0 amide bonds. The summed E-state index contributed by atoms with van der Waals surface area (Å²) in [5.41, 5.74) is 0.591. The summed E-state index contributed by atoms with van der Waals surface area (Å²) in [5.74, 6) is 0.175. The zero-order chi connectivity index (χ0) is 10.6. The van der Waals surface area contributed by atoms with Crippen molar-refractivity contribution in [2.45, 2.75) is 26.4 Å². The predicted octanol–water partition coefficient (Wildman–Crippen LogP) is 2.28. The standard InChI is InChI=1S/C11H15FO2/c1-3-9(13)7-14-10-5-4-8(2)11(12)6-10/h4-6,9,13H,3,7H2,1-2H3. The minimum Gasteiger partial charge on any atom is -0.491 e. The first-order valence-electron chi connectivity index (χ1n) is 4.70. The van der Waals surface area contributed by atoms with E-state index in [-0.39, 0.29) is 12.4 Å². The summed E-state index contributed by atoms with van der Waals surface area (Å²) >= 11 is 0. The molecule has 1 unspecified atom stereocenters. The van der Waals surface area contributed by atoms with Gasteiger partial charge in [0.2, 0.25) is 0 Å². The van der Waals surface area contributed by atoms with Crippen LogP contribution in [0.3, 0.4) is 0 Å². The molecule has 0 aliphatic carbocycles. The van der Waals surface area contributed by atoms with Gasteiger partial charge in [-0.3, -0.25) is 0 Å². The number of aliphatic hydroxyl groups excluding tert-OH is 1. The maximum atomic E-state index is 13.0. The maximum Gasteiger partial charge on any atom is 0.129 e. The van der Waals surface area contributed by atoms with Crippen molar-refractivity contribution in [1.82, 2.24) is 0 Å². The van der Waals surface area contributed by atoms with Crippen LogP contribution in [0.1, 0.15) is 18.9 Å². The zero-order valence-electron chi connectivity index (χ0n) is 8.46. The zero-order valence-corrected chi connectivity index (χ0v) is 8.46. The van der Waals surface area contributed by atoms with Crippen LogP contribution in [0.25, 0.3) is 0 Å². The molecule has 1 rings (SSSR count). The second-order valence-electron chi connectivity index (χ2n) is 3.28. The number of rotatable bonds is 4. The fraction of sp³-hybridized carbons (Fsp3) is 0.455. The van der Waals surface area contributed by atoms with E-state index in [1.54, 1.807) is 19.1 Å². The minimum atomic E-state index is -0.487. The second-order valence-corrected chi connectivity index (χ2v) is 3.28. The number of aliphatic hydroxyl groups is 1. The number of benzene rings is 1. The predicted molar refractivity (Wildman–Crippen MR) is 52.9 cm³/mol. The molecule has 0 aromatic heterocycles. The topological polar surface area (TPSA) is 29.5 Å². The summed E-state index contributed by atoms with van der Waals surface area (Å²) in [5, 5.41) is 9.22. The van der Waals surface area contributed by atoms with E-state index in [0.717, 1.165) is 0 Å². The average molecular weight is 198 g/mol. The molecule has 1 aromatic carbocycles. The Kier molecular flexibility index (Phi) is 3.89. The molecule has 78 valence electrons. The first kappa shape index (κ1) is 11.0. The third kappa shape index (κ3) is 3.00. The van der Waals surface area contributed by atoms with Crippen LogP contribution in [0.5, 0.6) is 5.75 Å². The van der Waals surface area contributed by atoms with Gasteiger partial charge in [-0.05, 0) is 25.0 Å². The van der Waals surface area contributed by atoms with Crippen molar-refractivity contribution >= 4 is 0 Å². The van der Waals surface area contributed by atoms with E-state index in [9.17, 15) is 9.50 Å². The Hall–Kier alpha value is -1.09.